The molecular formula is C13H16FN3O3S. The zero-order valence-electron chi connectivity index (χ0n) is 11.5. The van der Waals surface area contributed by atoms with E-state index in [0.717, 1.165) is 30.8 Å². The van der Waals surface area contributed by atoms with Crippen molar-refractivity contribution in [3.63, 3.8) is 0 Å². The number of hydrogen-bond donors (Lipinski definition) is 1. The van der Waals surface area contributed by atoms with E-state index in [0.29, 0.717) is 0 Å². The molecular weight excluding hydrogens is 297 g/mol. The van der Waals surface area contributed by atoms with Crippen LogP contribution in [0.2, 0.25) is 0 Å². The molecule has 2 aromatic rings. The fraction of sp³-hybridized carbons (Fsp3) is 0.308. The number of benzene rings is 1. The maximum atomic E-state index is 13.2. The Morgan fingerprint density at radius 3 is 2.86 bits per heavy atom. The van der Waals surface area contributed by atoms with Crippen molar-refractivity contribution < 1.29 is 17.5 Å². The van der Waals surface area contributed by atoms with Gasteiger partial charge in [0.1, 0.15) is 23.1 Å². The number of halogens is 1. The van der Waals surface area contributed by atoms with Gasteiger partial charge in [-0.05, 0) is 24.6 Å². The molecule has 0 saturated carbocycles. The zero-order chi connectivity index (χ0) is 15.5. The number of ether oxygens (including phenoxy) is 1. The minimum absolute atomic E-state index is 0.0168. The van der Waals surface area contributed by atoms with Gasteiger partial charge in [0, 0.05) is 6.54 Å². The van der Waals surface area contributed by atoms with Crippen LogP contribution in [0.3, 0.4) is 0 Å². The van der Waals surface area contributed by atoms with E-state index in [4.69, 9.17) is 9.88 Å². The Morgan fingerprint density at radius 1 is 1.43 bits per heavy atom. The summed E-state index contributed by atoms with van der Waals surface area (Å²) in [4.78, 5) is 3.65. The summed E-state index contributed by atoms with van der Waals surface area (Å²) in [5, 5.41) is 5.06. The van der Waals surface area contributed by atoms with Crippen LogP contribution in [-0.4, -0.2) is 18.0 Å². The molecule has 21 heavy (non-hydrogen) atoms. The fourth-order valence-corrected chi connectivity index (χ4v) is 2.57. The maximum absolute atomic E-state index is 13.2. The third kappa shape index (κ3) is 3.79. The lowest BCUT2D eigenvalue weighted by Gasteiger charge is -2.11. The molecule has 0 saturated heterocycles. The van der Waals surface area contributed by atoms with E-state index in [2.05, 4.69) is 4.98 Å². The largest absolute Gasteiger partial charge is 0.486 e. The van der Waals surface area contributed by atoms with Crippen molar-refractivity contribution in [2.45, 2.75) is 31.4 Å². The fourth-order valence-electron chi connectivity index (χ4n) is 1.89. The van der Waals surface area contributed by atoms with Gasteiger partial charge in [0.05, 0.1) is 18.2 Å². The minimum atomic E-state index is -4.05. The molecule has 0 radical (unpaired) electrons. The number of imidazole rings is 1. The molecule has 0 unspecified atom stereocenters. The number of primary sulfonamides is 1. The Labute approximate surface area is 122 Å². The van der Waals surface area contributed by atoms with E-state index >= 15 is 0 Å². The van der Waals surface area contributed by atoms with E-state index in [1.165, 1.54) is 6.07 Å². The molecule has 0 atom stereocenters. The second kappa shape index (κ2) is 6.23. The number of aryl methyl sites for hydroxylation is 1. The highest BCUT2D eigenvalue weighted by Crippen LogP contribution is 2.24. The van der Waals surface area contributed by atoms with Gasteiger partial charge < -0.3 is 9.30 Å². The summed E-state index contributed by atoms with van der Waals surface area (Å²) < 4.78 is 43.4. The van der Waals surface area contributed by atoms with Crippen LogP contribution in [0.5, 0.6) is 5.75 Å². The normalized spacial score (nSPS) is 11.6. The molecule has 114 valence electrons. The lowest BCUT2D eigenvalue weighted by atomic mass is 10.3. The number of nitrogens with zero attached hydrogens (tertiary/aromatic N) is 2. The van der Waals surface area contributed by atoms with Crippen LogP contribution in [0.1, 0.15) is 19.0 Å². The summed E-state index contributed by atoms with van der Waals surface area (Å²) in [6.45, 7) is 2.93. The topological polar surface area (TPSA) is 87.2 Å². The molecule has 2 rings (SSSR count). The van der Waals surface area contributed by atoms with Crippen LogP contribution in [0.15, 0.2) is 35.6 Å². The Kier molecular flexibility index (Phi) is 4.59. The minimum Gasteiger partial charge on any atom is -0.486 e. The van der Waals surface area contributed by atoms with Gasteiger partial charge >= 0.3 is 0 Å². The summed E-state index contributed by atoms with van der Waals surface area (Å²) in [6.07, 6.45) is 4.24. The lowest BCUT2D eigenvalue weighted by molar-refractivity contribution is 0.286. The second-order valence-electron chi connectivity index (χ2n) is 4.50. The van der Waals surface area contributed by atoms with Gasteiger partial charge in [-0.2, -0.15) is 0 Å². The Balaban J connectivity index is 2.22. The van der Waals surface area contributed by atoms with Gasteiger partial charge in [-0.3, -0.25) is 0 Å². The highest BCUT2D eigenvalue weighted by atomic mass is 32.2. The molecule has 0 spiro atoms. The number of hydrogen-bond acceptors (Lipinski definition) is 4. The number of rotatable bonds is 6. The average molecular weight is 313 g/mol. The smallest absolute Gasteiger partial charge is 0.241 e. The SMILES string of the molecule is CCCn1cncc1COc1ccc(F)cc1S(N)(=O)=O. The maximum Gasteiger partial charge on any atom is 0.241 e. The molecule has 2 N–H and O–H groups in total. The second-order valence-corrected chi connectivity index (χ2v) is 6.03. The first-order valence-corrected chi connectivity index (χ1v) is 7.90. The van der Waals surface area contributed by atoms with E-state index < -0.39 is 15.8 Å². The van der Waals surface area contributed by atoms with E-state index in [1.54, 1.807) is 12.5 Å². The predicted octanol–water partition coefficient (Wildman–Crippen LogP) is 1.66. The first-order valence-electron chi connectivity index (χ1n) is 6.36. The van der Waals surface area contributed by atoms with Crippen molar-refractivity contribution in [2.75, 3.05) is 0 Å². The van der Waals surface area contributed by atoms with Crippen molar-refractivity contribution >= 4 is 10.0 Å². The quantitative estimate of drug-likeness (QED) is 0.878. The van der Waals surface area contributed by atoms with Crippen molar-refractivity contribution in [3.05, 3.63) is 42.2 Å². The Hall–Kier alpha value is -1.93. The molecule has 0 bridgehead atoms. The molecule has 0 fully saturated rings. The van der Waals surface area contributed by atoms with Crippen LogP contribution in [0, 0.1) is 5.82 Å². The summed E-state index contributed by atoms with van der Waals surface area (Å²) >= 11 is 0. The molecule has 1 aromatic carbocycles. The van der Waals surface area contributed by atoms with Crippen molar-refractivity contribution in [1.29, 1.82) is 0 Å². The third-order valence-corrected chi connectivity index (χ3v) is 3.78. The number of sulfonamides is 1. The van der Waals surface area contributed by atoms with Crippen molar-refractivity contribution in [3.8, 4) is 5.75 Å². The van der Waals surface area contributed by atoms with Crippen LogP contribution in [0.25, 0.3) is 0 Å². The third-order valence-electron chi connectivity index (χ3n) is 2.85. The van der Waals surface area contributed by atoms with Crippen LogP contribution < -0.4 is 9.88 Å². The highest BCUT2D eigenvalue weighted by Gasteiger charge is 2.17. The van der Waals surface area contributed by atoms with E-state index in [9.17, 15) is 12.8 Å². The van der Waals surface area contributed by atoms with Gasteiger partial charge in [-0.1, -0.05) is 6.92 Å². The van der Waals surface area contributed by atoms with Crippen LogP contribution in [-0.2, 0) is 23.2 Å². The average Bonchev–Trinajstić information content (AvgIpc) is 2.84. The number of nitrogens with two attached hydrogens (primary N) is 1. The van der Waals surface area contributed by atoms with Gasteiger partial charge in [-0.25, -0.2) is 22.9 Å². The highest BCUT2D eigenvalue weighted by molar-refractivity contribution is 7.89. The predicted molar refractivity (Wildman–Crippen MR) is 74.6 cm³/mol. The summed E-state index contributed by atoms with van der Waals surface area (Å²) in [7, 11) is -4.05. The number of aromatic nitrogens is 2. The van der Waals surface area contributed by atoms with Gasteiger partial charge in [0.15, 0.2) is 0 Å². The van der Waals surface area contributed by atoms with Gasteiger partial charge in [-0.15, -0.1) is 0 Å². The van der Waals surface area contributed by atoms with Crippen LogP contribution in [0.4, 0.5) is 4.39 Å². The first kappa shape index (κ1) is 15.5. The molecule has 8 heteroatoms. The first-order chi connectivity index (χ1) is 9.91. The molecule has 1 aromatic heterocycles. The lowest BCUT2D eigenvalue weighted by Crippen LogP contribution is -2.14. The van der Waals surface area contributed by atoms with Gasteiger partial charge in [0.25, 0.3) is 0 Å². The van der Waals surface area contributed by atoms with Crippen LogP contribution >= 0.6 is 0 Å². The standard InChI is InChI=1S/C13H16FN3O3S/c1-2-5-17-9-16-7-11(17)8-20-12-4-3-10(14)6-13(12)21(15,18)19/h3-4,6-7,9H,2,5,8H2,1H3,(H2,15,18,19). The Morgan fingerprint density at radius 2 is 2.19 bits per heavy atom. The van der Waals surface area contributed by atoms with Gasteiger partial charge in [0.2, 0.25) is 10.0 Å². The molecule has 6 nitrogen and oxygen atoms in total. The summed E-state index contributed by atoms with van der Waals surface area (Å²) in [5.74, 6) is -0.675. The monoisotopic (exact) mass is 313 g/mol. The molecule has 0 aliphatic carbocycles. The van der Waals surface area contributed by atoms with E-state index in [1.807, 2.05) is 11.5 Å². The van der Waals surface area contributed by atoms with E-state index in [-0.39, 0.29) is 17.3 Å². The summed E-state index contributed by atoms with van der Waals surface area (Å²) in [5.41, 5.74) is 0.793. The molecule has 0 aliphatic heterocycles. The molecule has 0 aliphatic rings. The Bertz CT molecular complexity index is 728. The zero-order valence-corrected chi connectivity index (χ0v) is 12.3. The van der Waals surface area contributed by atoms with Crippen molar-refractivity contribution in [1.82, 2.24) is 9.55 Å². The molecule has 0 amide bonds. The van der Waals surface area contributed by atoms with Crippen molar-refractivity contribution in [2.24, 2.45) is 5.14 Å². The molecule has 1 heterocycles. The summed E-state index contributed by atoms with van der Waals surface area (Å²) in [6, 6.07) is 3.21.